The Kier molecular flexibility index (Phi) is 4.52. The molecule has 2 atom stereocenters. The lowest BCUT2D eigenvalue weighted by Gasteiger charge is -2.46. The Morgan fingerprint density at radius 2 is 2.13 bits per heavy atom. The van der Waals surface area contributed by atoms with Gasteiger partial charge in [0.05, 0.1) is 18.3 Å². The van der Waals surface area contributed by atoms with Gasteiger partial charge >= 0.3 is 6.03 Å². The van der Waals surface area contributed by atoms with E-state index in [1.807, 2.05) is 23.1 Å². The van der Waals surface area contributed by atoms with Crippen LogP contribution in [-0.4, -0.2) is 34.6 Å². The van der Waals surface area contributed by atoms with Crippen molar-refractivity contribution >= 4 is 11.8 Å². The molecule has 2 aromatic rings. The van der Waals surface area contributed by atoms with Crippen molar-refractivity contribution in [1.82, 2.24) is 14.9 Å². The first kappa shape index (κ1) is 15.4. The van der Waals surface area contributed by atoms with Gasteiger partial charge in [-0.1, -0.05) is 37.3 Å². The molecule has 0 radical (unpaired) electrons. The number of hydrogen-bond donors (Lipinski definition) is 1. The highest BCUT2D eigenvalue weighted by Crippen LogP contribution is 2.38. The van der Waals surface area contributed by atoms with Crippen LogP contribution in [0.4, 0.5) is 10.6 Å². The Balaban J connectivity index is 1.70. The first-order valence-electron chi connectivity index (χ1n) is 7.61. The van der Waals surface area contributed by atoms with Gasteiger partial charge in [0.1, 0.15) is 12.1 Å². The van der Waals surface area contributed by atoms with Crippen LogP contribution in [0.2, 0.25) is 0 Å². The summed E-state index contributed by atoms with van der Waals surface area (Å²) < 4.78 is 5.04. The summed E-state index contributed by atoms with van der Waals surface area (Å²) in [4.78, 5) is 22.5. The molecule has 0 spiro atoms. The van der Waals surface area contributed by atoms with Gasteiger partial charge in [0, 0.05) is 19.7 Å². The van der Waals surface area contributed by atoms with Gasteiger partial charge in [-0.2, -0.15) is 0 Å². The Bertz CT molecular complexity index is 677. The number of aromatic nitrogens is 2. The SMILES string of the molecule is COCc1cc(NC(=O)N2C[C@@H](C)[C@@H]2c2ccccc2)ncn1. The summed E-state index contributed by atoms with van der Waals surface area (Å²) in [6.07, 6.45) is 1.43. The molecule has 1 fully saturated rings. The fraction of sp³-hybridized carbons (Fsp3) is 0.353. The zero-order valence-corrected chi connectivity index (χ0v) is 13.3. The normalized spacial score (nSPS) is 20.0. The van der Waals surface area contributed by atoms with Crippen LogP contribution < -0.4 is 5.32 Å². The van der Waals surface area contributed by atoms with Gasteiger partial charge in [-0.15, -0.1) is 0 Å². The van der Waals surface area contributed by atoms with E-state index in [0.29, 0.717) is 18.3 Å². The number of hydrogen-bond acceptors (Lipinski definition) is 4. The molecule has 1 aromatic carbocycles. The minimum atomic E-state index is -0.140. The summed E-state index contributed by atoms with van der Waals surface area (Å²) in [6, 6.07) is 11.8. The number of urea groups is 1. The summed E-state index contributed by atoms with van der Waals surface area (Å²) in [7, 11) is 1.60. The first-order valence-corrected chi connectivity index (χ1v) is 7.61. The molecular weight excluding hydrogens is 292 g/mol. The minimum Gasteiger partial charge on any atom is -0.378 e. The number of carbonyl (C=O) groups excluding carboxylic acids is 1. The summed E-state index contributed by atoms with van der Waals surface area (Å²) in [5, 5.41) is 2.84. The molecule has 1 aromatic heterocycles. The number of likely N-dealkylation sites (tertiary alicyclic amines) is 1. The molecule has 1 aliphatic rings. The van der Waals surface area contributed by atoms with Crippen LogP contribution in [0, 0.1) is 5.92 Å². The lowest BCUT2D eigenvalue weighted by Crippen LogP contribution is -2.53. The van der Waals surface area contributed by atoms with Gasteiger partial charge in [0.25, 0.3) is 0 Å². The molecule has 0 saturated carbocycles. The minimum absolute atomic E-state index is 0.108. The van der Waals surface area contributed by atoms with E-state index in [9.17, 15) is 4.79 Å². The Morgan fingerprint density at radius 3 is 2.83 bits per heavy atom. The standard InChI is InChI=1S/C17H20N4O2/c1-12-9-21(16(12)13-6-4-3-5-7-13)17(22)20-15-8-14(10-23-2)18-11-19-15/h3-8,11-12,16H,9-10H2,1-2H3,(H,18,19,20,22)/t12-,16-/m1/s1. The monoisotopic (exact) mass is 312 g/mol. The predicted molar refractivity (Wildman–Crippen MR) is 86.8 cm³/mol. The fourth-order valence-corrected chi connectivity index (χ4v) is 2.93. The van der Waals surface area contributed by atoms with Gasteiger partial charge in [0.2, 0.25) is 0 Å². The summed E-state index contributed by atoms with van der Waals surface area (Å²) in [5.74, 6) is 0.931. The van der Waals surface area contributed by atoms with E-state index in [4.69, 9.17) is 4.74 Å². The van der Waals surface area contributed by atoms with Gasteiger partial charge in [-0.05, 0) is 11.5 Å². The van der Waals surface area contributed by atoms with Gasteiger partial charge in [-0.3, -0.25) is 5.32 Å². The molecule has 0 aliphatic carbocycles. The number of rotatable bonds is 4. The summed E-state index contributed by atoms with van der Waals surface area (Å²) in [6.45, 7) is 3.28. The van der Waals surface area contributed by atoms with Gasteiger partial charge in [0.15, 0.2) is 0 Å². The summed E-state index contributed by atoms with van der Waals surface area (Å²) >= 11 is 0. The average molecular weight is 312 g/mol. The van der Waals surface area contributed by atoms with Crippen molar-refractivity contribution in [2.24, 2.45) is 5.92 Å². The van der Waals surface area contributed by atoms with E-state index < -0.39 is 0 Å². The predicted octanol–water partition coefficient (Wildman–Crippen LogP) is 2.85. The maximum Gasteiger partial charge on any atom is 0.323 e. The van der Waals surface area contributed by atoms with E-state index in [0.717, 1.165) is 17.8 Å². The Labute approximate surface area is 135 Å². The van der Waals surface area contributed by atoms with E-state index in [1.165, 1.54) is 6.33 Å². The third-order valence-corrected chi connectivity index (χ3v) is 4.01. The maximum absolute atomic E-state index is 12.5. The second-order valence-electron chi connectivity index (χ2n) is 5.74. The smallest absolute Gasteiger partial charge is 0.323 e. The number of anilines is 1. The molecule has 3 rings (SSSR count). The lowest BCUT2D eigenvalue weighted by molar-refractivity contribution is 0.0670. The quantitative estimate of drug-likeness (QED) is 0.942. The van der Waals surface area contributed by atoms with E-state index in [-0.39, 0.29) is 12.1 Å². The molecule has 1 N–H and O–H groups in total. The Hall–Kier alpha value is -2.47. The molecule has 1 aliphatic heterocycles. The van der Waals surface area contributed by atoms with E-state index in [2.05, 4.69) is 34.3 Å². The molecule has 1 saturated heterocycles. The number of amides is 2. The first-order chi connectivity index (χ1) is 11.2. The highest BCUT2D eigenvalue weighted by Gasteiger charge is 2.40. The average Bonchev–Trinajstić information content (AvgIpc) is 2.54. The highest BCUT2D eigenvalue weighted by atomic mass is 16.5. The van der Waals surface area contributed by atoms with Crippen LogP contribution in [0.25, 0.3) is 0 Å². The third-order valence-electron chi connectivity index (χ3n) is 4.01. The van der Waals surface area contributed by atoms with Crippen LogP contribution in [0.1, 0.15) is 24.2 Å². The number of benzene rings is 1. The fourth-order valence-electron chi connectivity index (χ4n) is 2.93. The molecule has 23 heavy (non-hydrogen) atoms. The van der Waals surface area contributed by atoms with Crippen molar-refractivity contribution in [3.63, 3.8) is 0 Å². The van der Waals surface area contributed by atoms with Crippen LogP contribution in [0.5, 0.6) is 0 Å². The van der Waals surface area contributed by atoms with Crippen LogP contribution in [0.3, 0.4) is 0 Å². The van der Waals surface area contributed by atoms with Crippen molar-refractivity contribution in [3.8, 4) is 0 Å². The van der Waals surface area contributed by atoms with Gasteiger partial charge in [-0.25, -0.2) is 14.8 Å². The van der Waals surface area contributed by atoms with Crippen molar-refractivity contribution < 1.29 is 9.53 Å². The van der Waals surface area contributed by atoms with E-state index >= 15 is 0 Å². The lowest BCUT2D eigenvalue weighted by atomic mass is 9.85. The zero-order valence-electron chi connectivity index (χ0n) is 13.3. The number of carbonyl (C=O) groups is 1. The van der Waals surface area contributed by atoms with Gasteiger partial charge < -0.3 is 9.64 Å². The maximum atomic E-state index is 12.5. The van der Waals surface area contributed by atoms with Crippen LogP contribution in [-0.2, 0) is 11.3 Å². The van der Waals surface area contributed by atoms with E-state index in [1.54, 1.807) is 13.2 Å². The Morgan fingerprint density at radius 1 is 1.35 bits per heavy atom. The molecule has 0 unspecified atom stereocenters. The molecule has 0 bridgehead atoms. The second kappa shape index (κ2) is 6.75. The molecule has 6 nitrogen and oxygen atoms in total. The zero-order chi connectivity index (χ0) is 16.2. The van der Waals surface area contributed by atoms with Crippen molar-refractivity contribution in [1.29, 1.82) is 0 Å². The number of methoxy groups -OCH3 is 1. The molecule has 120 valence electrons. The second-order valence-corrected chi connectivity index (χ2v) is 5.74. The molecule has 2 heterocycles. The number of ether oxygens (including phenoxy) is 1. The summed E-state index contributed by atoms with van der Waals surface area (Å²) in [5.41, 5.74) is 1.89. The molecular formula is C17H20N4O2. The largest absolute Gasteiger partial charge is 0.378 e. The van der Waals surface area contributed by atoms with Crippen LogP contribution in [0.15, 0.2) is 42.7 Å². The highest BCUT2D eigenvalue weighted by molar-refractivity contribution is 5.89. The number of nitrogens with one attached hydrogen (secondary N) is 1. The molecule has 6 heteroatoms. The molecule has 2 amide bonds. The topological polar surface area (TPSA) is 67.3 Å². The van der Waals surface area contributed by atoms with Crippen molar-refractivity contribution in [2.45, 2.75) is 19.6 Å². The van der Waals surface area contributed by atoms with Crippen LogP contribution >= 0.6 is 0 Å². The van der Waals surface area contributed by atoms with Crippen molar-refractivity contribution in [3.05, 3.63) is 54.0 Å². The number of nitrogens with zero attached hydrogens (tertiary/aromatic N) is 3. The third kappa shape index (κ3) is 3.32. The van der Waals surface area contributed by atoms with Crippen molar-refractivity contribution in [2.75, 3.05) is 19.0 Å².